The summed E-state index contributed by atoms with van der Waals surface area (Å²) < 4.78 is 32.1. The van der Waals surface area contributed by atoms with Crippen LogP contribution in [-0.2, 0) is 14.8 Å². The molecule has 1 aliphatic rings. The lowest BCUT2D eigenvalue weighted by Gasteiger charge is -2.34. The van der Waals surface area contributed by atoms with Gasteiger partial charge in [0, 0.05) is 32.2 Å². The lowest BCUT2D eigenvalue weighted by Crippen LogP contribution is -2.51. The Morgan fingerprint density at radius 2 is 1.54 bits per heavy atom. The molecule has 0 aromatic heterocycles. The smallest absolute Gasteiger partial charge is 0.260 e. The molecule has 0 atom stereocenters. The Morgan fingerprint density at radius 1 is 0.929 bits per heavy atom. The highest BCUT2D eigenvalue weighted by Gasteiger charge is 2.30. The number of hydrogen-bond donors (Lipinski definition) is 0. The first kappa shape index (κ1) is 21.2. The fourth-order valence-electron chi connectivity index (χ4n) is 2.77. The molecule has 0 radical (unpaired) electrons. The molecule has 3 rings (SSSR count). The first-order valence-electron chi connectivity index (χ1n) is 8.39. The molecule has 28 heavy (non-hydrogen) atoms. The van der Waals surface area contributed by atoms with Crippen molar-refractivity contribution < 1.29 is 17.9 Å². The van der Waals surface area contributed by atoms with Gasteiger partial charge in [0.15, 0.2) is 6.61 Å². The van der Waals surface area contributed by atoms with Crippen LogP contribution in [0.15, 0.2) is 47.4 Å². The summed E-state index contributed by atoms with van der Waals surface area (Å²) in [5, 5.41) is 0.815. The van der Waals surface area contributed by atoms with Gasteiger partial charge in [0.25, 0.3) is 5.91 Å². The number of rotatable bonds is 5. The average Bonchev–Trinajstić information content (AvgIpc) is 2.70. The normalized spacial score (nSPS) is 15.5. The molecule has 0 bridgehead atoms. The summed E-state index contributed by atoms with van der Waals surface area (Å²) in [7, 11) is -3.56. The van der Waals surface area contributed by atoms with Crippen LogP contribution in [0.4, 0.5) is 0 Å². The number of ether oxygens (including phenoxy) is 1. The van der Waals surface area contributed by atoms with Gasteiger partial charge in [-0.1, -0.05) is 53.0 Å². The van der Waals surface area contributed by atoms with Crippen LogP contribution < -0.4 is 4.74 Å². The Morgan fingerprint density at radius 3 is 2.18 bits per heavy atom. The molecule has 0 spiro atoms. The van der Waals surface area contributed by atoms with Gasteiger partial charge in [0.2, 0.25) is 10.0 Å². The van der Waals surface area contributed by atoms with Crippen LogP contribution in [0, 0.1) is 0 Å². The SMILES string of the molecule is O=C(COc1cc(Cl)c(Cl)cc1Cl)N1CCN(S(=O)(=O)c2ccccc2)CC1. The molecule has 1 saturated heterocycles. The number of sulfonamides is 1. The van der Waals surface area contributed by atoms with E-state index < -0.39 is 10.0 Å². The molecule has 0 aliphatic carbocycles. The van der Waals surface area contributed by atoms with Gasteiger partial charge in [0.1, 0.15) is 5.75 Å². The third-order valence-corrected chi connectivity index (χ3v) is 7.23. The molecular formula is C18H17Cl3N2O4S. The van der Waals surface area contributed by atoms with Crippen molar-refractivity contribution in [1.82, 2.24) is 9.21 Å². The fourth-order valence-corrected chi connectivity index (χ4v) is 4.80. The minimum Gasteiger partial charge on any atom is -0.482 e. The standard InChI is InChI=1S/C18H17Cl3N2O4S/c19-14-10-16(21)17(11-15(14)20)27-12-18(24)22-6-8-23(9-7-22)28(25,26)13-4-2-1-3-5-13/h1-5,10-11H,6-9,12H2. The first-order valence-corrected chi connectivity index (χ1v) is 11.0. The number of benzene rings is 2. The second-order valence-electron chi connectivity index (χ2n) is 6.08. The predicted octanol–water partition coefficient (Wildman–Crippen LogP) is 3.56. The maximum Gasteiger partial charge on any atom is 0.260 e. The summed E-state index contributed by atoms with van der Waals surface area (Å²) in [6, 6.07) is 11.1. The van der Waals surface area contributed by atoms with Crippen LogP contribution in [0.5, 0.6) is 5.75 Å². The number of piperazine rings is 1. The molecule has 6 nitrogen and oxygen atoms in total. The highest BCUT2D eigenvalue weighted by molar-refractivity contribution is 7.89. The predicted molar refractivity (Wildman–Crippen MR) is 109 cm³/mol. The molecule has 1 heterocycles. The largest absolute Gasteiger partial charge is 0.482 e. The zero-order valence-electron chi connectivity index (χ0n) is 14.6. The molecule has 0 saturated carbocycles. The van der Waals surface area contributed by atoms with Crippen LogP contribution >= 0.6 is 34.8 Å². The van der Waals surface area contributed by atoms with Gasteiger partial charge in [-0.2, -0.15) is 4.31 Å². The molecule has 0 unspecified atom stereocenters. The van der Waals surface area contributed by atoms with E-state index in [1.54, 1.807) is 35.2 Å². The van der Waals surface area contributed by atoms with Gasteiger partial charge in [0.05, 0.1) is 20.0 Å². The van der Waals surface area contributed by atoms with Crippen LogP contribution in [0.2, 0.25) is 15.1 Å². The lowest BCUT2D eigenvalue weighted by atomic mass is 10.3. The van der Waals surface area contributed by atoms with Crippen molar-refractivity contribution in [3.8, 4) is 5.75 Å². The van der Waals surface area contributed by atoms with E-state index >= 15 is 0 Å². The number of nitrogens with zero attached hydrogens (tertiary/aromatic N) is 2. The second kappa shape index (κ2) is 8.88. The van der Waals surface area contributed by atoms with E-state index in [4.69, 9.17) is 39.5 Å². The number of carbonyl (C=O) groups excluding carboxylic acids is 1. The second-order valence-corrected chi connectivity index (χ2v) is 9.24. The third kappa shape index (κ3) is 4.72. The molecule has 1 aliphatic heterocycles. The molecule has 1 amide bonds. The summed E-state index contributed by atoms with van der Waals surface area (Å²) in [5.41, 5.74) is 0. The van der Waals surface area contributed by atoms with Crippen molar-refractivity contribution in [2.45, 2.75) is 4.90 Å². The van der Waals surface area contributed by atoms with Crippen molar-refractivity contribution in [2.24, 2.45) is 0 Å². The molecule has 10 heteroatoms. The number of hydrogen-bond acceptors (Lipinski definition) is 4. The monoisotopic (exact) mass is 462 g/mol. The van der Waals surface area contributed by atoms with E-state index in [1.165, 1.54) is 16.4 Å². The minimum atomic E-state index is -3.56. The van der Waals surface area contributed by atoms with Crippen LogP contribution in [-0.4, -0.2) is 56.3 Å². The van der Waals surface area contributed by atoms with E-state index in [9.17, 15) is 13.2 Å². The van der Waals surface area contributed by atoms with Gasteiger partial charge in [-0.15, -0.1) is 0 Å². The van der Waals surface area contributed by atoms with E-state index in [-0.39, 0.29) is 59.4 Å². The maximum absolute atomic E-state index is 12.6. The number of amides is 1. The summed E-state index contributed by atoms with van der Waals surface area (Å²) in [4.78, 5) is 14.2. The zero-order valence-corrected chi connectivity index (χ0v) is 17.7. The van der Waals surface area contributed by atoms with Gasteiger partial charge in [-0.3, -0.25) is 4.79 Å². The van der Waals surface area contributed by atoms with Gasteiger partial charge < -0.3 is 9.64 Å². The molecule has 1 fully saturated rings. The number of carbonyl (C=O) groups is 1. The quantitative estimate of drug-likeness (QED) is 0.636. The summed E-state index contributed by atoms with van der Waals surface area (Å²) in [5.74, 6) is -0.00592. The van der Waals surface area contributed by atoms with Gasteiger partial charge in [-0.25, -0.2) is 8.42 Å². The van der Waals surface area contributed by atoms with Crippen LogP contribution in [0.1, 0.15) is 0 Å². The Balaban J connectivity index is 1.56. The van der Waals surface area contributed by atoms with Crippen LogP contribution in [0.3, 0.4) is 0 Å². The molecule has 2 aromatic carbocycles. The van der Waals surface area contributed by atoms with Gasteiger partial charge in [-0.05, 0) is 18.2 Å². The fraction of sp³-hybridized carbons (Fsp3) is 0.278. The average molecular weight is 464 g/mol. The van der Waals surface area contributed by atoms with Crippen molar-refractivity contribution in [1.29, 1.82) is 0 Å². The molecule has 150 valence electrons. The maximum atomic E-state index is 12.6. The Hall–Kier alpha value is -1.51. The first-order chi connectivity index (χ1) is 13.3. The zero-order chi connectivity index (χ0) is 20.3. The van der Waals surface area contributed by atoms with Crippen molar-refractivity contribution in [2.75, 3.05) is 32.8 Å². The van der Waals surface area contributed by atoms with E-state index in [1.807, 2.05) is 0 Å². The highest BCUT2D eigenvalue weighted by atomic mass is 35.5. The van der Waals surface area contributed by atoms with Crippen molar-refractivity contribution >= 4 is 50.7 Å². The van der Waals surface area contributed by atoms with Crippen molar-refractivity contribution in [3.63, 3.8) is 0 Å². The third-order valence-electron chi connectivity index (χ3n) is 4.30. The Labute approximate surface area is 178 Å². The highest BCUT2D eigenvalue weighted by Crippen LogP contribution is 2.33. The molecular weight excluding hydrogens is 447 g/mol. The summed E-state index contributed by atoms with van der Waals surface area (Å²) in [6.07, 6.45) is 0. The summed E-state index contributed by atoms with van der Waals surface area (Å²) in [6.45, 7) is 0.767. The molecule has 2 aromatic rings. The molecule has 0 N–H and O–H groups in total. The van der Waals surface area contributed by atoms with E-state index in [0.717, 1.165) is 0 Å². The summed E-state index contributed by atoms with van der Waals surface area (Å²) >= 11 is 17.8. The van der Waals surface area contributed by atoms with Crippen LogP contribution in [0.25, 0.3) is 0 Å². The van der Waals surface area contributed by atoms with E-state index in [2.05, 4.69) is 0 Å². The topological polar surface area (TPSA) is 66.9 Å². The van der Waals surface area contributed by atoms with Crippen molar-refractivity contribution in [3.05, 3.63) is 57.5 Å². The van der Waals surface area contributed by atoms with E-state index in [0.29, 0.717) is 5.02 Å². The number of halogens is 3. The minimum absolute atomic E-state index is 0.219. The Bertz CT molecular complexity index is 962. The lowest BCUT2D eigenvalue weighted by molar-refractivity contribution is -0.134. The Kier molecular flexibility index (Phi) is 6.73. The van der Waals surface area contributed by atoms with Gasteiger partial charge >= 0.3 is 0 Å².